The molecule has 26 heavy (non-hydrogen) atoms. The number of hydrogen-bond acceptors (Lipinski definition) is 3. The van der Waals surface area contributed by atoms with Crippen LogP contribution in [0.4, 0.5) is 0 Å². The van der Waals surface area contributed by atoms with Crippen LogP contribution in [0.3, 0.4) is 0 Å². The summed E-state index contributed by atoms with van der Waals surface area (Å²) in [6.45, 7) is 7.38. The zero-order chi connectivity index (χ0) is 18.0. The van der Waals surface area contributed by atoms with Crippen molar-refractivity contribution >= 4 is 5.71 Å². The fourth-order valence-corrected chi connectivity index (χ4v) is 4.30. The second-order valence-corrected chi connectivity index (χ2v) is 7.77. The maximum absolute atomic E-state index is 11.1. The molecule has 0 amide bonds. The standard InChI is InChI=1S/C23H26N2O/c1-2-11-22(12-8-21(24-17-22)19-6-4-3-5-7-19)13-14-23(26)18-25-15-9-20(23)10-16-25/h2-8,12,20,26H,1,9-11,15-18H2. The van der Waals surface area contributed by atoms with Crippen molar-refractivity contribution in [3.8, 4) is 11.8 Å². The van der Waals surface area contributed by atoms with Crippen molar-refractivity contribution in [1.82, 2.24) is 4.90 Å². The first-order chi connectivity index (χ1) is 12.6. The highest BCUT2D eigenvalue weighted by Gasteiger charge is 2.44. The number of rotatable bonds is 3. The summed E-state index contributed by atoms with van der Waals surface area (Å²) in [4.78, 5) is 7.12. The van der Waals surface area contributed by atoms with E-state index in [0.29, 0.717) is 19.0 Å². The summed E-state index contributed by atoms with van der Waals surface area (Å²) >= 11 is 0. The van der Waals surface area contributed by atoms with E-state index in [0.717, 1.165) is 43.6 Å². The predicted molar refractivity (Wildman–Crippen MR) is 106 cm³/mol. The van der Waals surface area contributed by atoms with Gasteiger partial charge in [-0.05, 0) is 44.0 Å². The Balaban J connectivity index is 1.57. The van der Waals surface area contributed by atoms with Crippen molar-refractivity contribution in [2.45, 2.75) is 24.9 Å². The Labute approximate surface area is 156 Å². The van der Waals surface area contributed by atoms with Gasteiger partial charge in [-0.15, -0.1) is 6.58 Å². The largest absolute Gasteiger partial charge is 0.376 e. The fourth-order valence-electron chi connectivity index (χ4n) is 4.30. The Hall–Kier alpha value is -2.15. The molecule has 4 aliphatic rings. The number of hydrogen-bond donors (Lipinski definition) is 1. The van der Waals surface area contributed by atoms with Gasteiger partial charge in [-0.3, -0.25) is 9.89 Å². The van der Waals surface area contributed by atoms with Crippen molar-refractivity contribution in [3.63, 3.8) is 0 Å². The minimum atomic E-state index is -0.873. The molecule has 1 aromatic carbocycles. The molecule has 3 heteroatoms. The molecule has 2 unspecified atom stereocenters. The highest BCUT2D eigenvalue weighted by Crippen LogP contribution is 2.36. The lowest BCUT2D eigenvalue weighted by Gasteiger charge is -2.48. The molecule has 2 bridgehead atoms. The molecule has 0 aromatic heterocycles. The summed E-state index contributed by atoms with van der Waals surface area (Å²) in [6.07, 6.45) is 8.96. The zero-order valence-electron chi connectivity index (χ0n) is 15.2. The van der Waals surface area contributed by atoms with Crippen LogP contribution < -0.4 is 0 Å². The number of aliphatic imine (C=N–C) groups is 1. The van der Waals surface area contributed by atoms with E-state index in [1.165, 1.54) is 0 Å². The van der Waals surface area contributed by atoms with Crippen LogP contribution in [0.15, 0.2) is 60.1 Å². The van der Waals surface area contributed by atoms with E-state index in [4.69, 9.17) is 4.99 Å². The van der Waals surface area contributed by atoms with Gasteiger partial charge in [0.05, 0.1) is 17.7 Å². The van der Waals surface area contributed by atoms with Gasteiger partial charge in [0, 0.05) is 12.5 Å². The zero-order valence-corrected chi connectivity index (χ0v) is 15.2. The molecule has 5 rings (SSSR count). The Kier molecular flexibility index (Phi) is 4.56. The minimum absolute atomic E-state index is 0.303. The van der Waals surface area contributed by atoms with Crippen molar-refractivity contribution in [1.29, 1.82) is 0 Å². The van der Waals surface area contributed by atoms with Crippen LogP contribution in [0.25, 0.3) is 0 Å². The van der Waals surface area contributed by atoms with Gasteiger partial charge in [0.15, 0.2) is 0 Å². The van der Waals surface area contributed by atoms with Gasteiger partial charge in [-0.25, -0.2) is 0 Å². The molecule has 3 fully saturated rings. The van der Waals surface area contributed by atoms with E-state index >= 15 is 0 Å². The highest BCUT2D eigenvalue weighted by molar-refractivity contribution is 6.09. The third kappa shape index (κ3) is 3.28. The molecule has 3 saturated heterocycles. The van der Waals surface area contributed by atoms with E-state index in [1.807, 2.05) is 24.3 Å². The Morgan fingerprint density at radius 1 is 1.23 bits per heavy atom. The Morgan fingerprint density at radius 3 is 2.58 bits per heavy atom. The maximum atomic E-state index is 11.1. The predicted octanol–water partition coefficient (Wildman–Crippen LogP) is 3.07. The summed E-state index contributed by atoms with van der Waals surface area (Å²) < 4.78 is 0. The average molecular weight is 346 g/mol. The monoisotopic (exact) mass is 346 g/mol. The summed E-state index contributed by atoms with van der Waals surface area (Å²) in [7, 11) is 0. The van der Waals surface area contributed by atoms with E-state index in [2.05, 4.69) is 47.6 Å². The first-order valence-electron chi connectivity index (χ1n) is 9.52. The van der Waals surface area contributed by atoms with Crippen LogP contribution in [0.2, 0.25) is 0 Å². The second kappa shape index (κ2) is 6.87. The summed E-state index contributed by atoms with van der Waals surface area (Å²) in [5, 5.41) is 11.1. The molecule has 3 nitrogen and oxygen atoms in total. The number of piperidine rings is 3. The topological polar surface area (TPSA) is 35.8 Å². The minimum Gasteiger partial charge on any atom is -0.376 e. The van der Waals surface area contributed by atoms with Gasteiger partial charge < -0.3 is 5.11 Å². The first-order valence-corrected chi connectivity index (χ1v) is 9.52. The summed E-state index contributed by atoms with van der Waals surface area (Å²) in [6, 6.07) is 10.2. The Bertz CT molecular complexity index is 792. The third-order valence-corrected chi connectivity index (χ3v) is 5.93. The van der Waals surface area contributed by atoms with Gasteiger partial charge >= 0.3 is 0 Å². The number of nitrogens with zero attached hydrogens (tertiary/aromatic N) is 2. The molecule has 0 radical (unpaired) electrons. The van der Waals surface area contributed by atoms with Crippen LogP contribution in [0.1, 0.15) is 24.8 Å². The molecule has 1 N–H and O–H groups in total. The first kappa shape index (κ1) is 17.3. The third-order valence-electron chi connectivity index (χ3n) is 5.93. The molecule has 0 aliphatic carbocycles. The van der Waals surface area contributed by atoms with Gasteiger partial charge in [0.2, 0.25) is 0 Å². The normalized spacial score (nSPS) is 35.3. The van der Waals surface area contributed by atoms with E-state index in [1.54, 1.807) is 0 Å². The van der Waals surface area contributed by atoms with Gasteiger partial charge in [0.1, 0.15) is 5.60 Å². The number of allylic oxidation sites excluding steroid dienone is 2. The number of dihydropyridines is 1. The van der Waals surface area contributed by atoms with Crippen LogP contribution in [-0.2, 0) is 0 Å². The molecule has 4 heterocycles. The fraction of sp³-hybridized carbons (Fsp3) is 0.435. The molecule has 4 aliphatic heterocycles. The van der Waals surface area contributed by atoms with Crippen molar-refractivity contribution < 1.29 is 5.11 Å². The summed E-state index contributed by atoms with van der Waals surface area (Å²) in [5.74, 6) is 6.99. The molecule has 1 aromatic rings. The molecule has 134 valence electrons. The lowest BCUT2D eigenvalue weighted by atomic mass is 9.74. The number of aliphatic hydroxyl groups is 1. The van der Waals surface area contributed by atoms with Gasteiger partial charge in [-0.2, -0.15) is 0 Å². The highest BCUT2D eigenvalue weighted by atomic mass is 16.3. The van der Waals surface area contributed by atoms with Crippen molar-refractivity contribution in [2.75, 3.05) is 26.2 Å². The number of benzene rings is 1. The molecular formula is C23H26N2O. The van der Waals surface area contributed by atoms with E-state index < -0.39 is 5.60 Å². The van der Waals surface area contributed by atoms with Crippen LogP contribution in [-0.4, -0.2) is 47.5 Å². The molecule has 2 atom stereocenters. The van der Waals surface area contributed by atoms with Crippen LogP contribution >= 0.6 is 0 Å². The van der Waals surface area contributed by atoms with Crippen molar-refractivity contribution in [3.05, 3.63) is 60.7 Å². The molecular weight excluding hydrogens is 320 g/mol. The lowest BCUT2D eigenvalue weighted by molar-refractivity contribution is -0.0714. The Morgan fingerprint density at radius 2 is 2.00 bits per heavy atom. The van der Waals surface area contributed by atoms with Crippen LogP contribution in [0.5, 0.6) is 0 Å². The van der Waals surface area contributed by atoms with E-state index in [-0.39, 0.29) is 5.41 Å². The second-order valence-electron chi connectivity index (χ2n) is 7.77. The van der Waals surface area contributed by atoms with Crippen molar-refractivity contribution in [2.24, 2.45) is 16.3 Å². The maximum Gasteiger partial charge on any atom is 0.140 e. The van der Waals surface area contributed by atoms with Gasteiger partial charge in [-0.1, -0.05) is 54.3 Å². The SMILES string of the molecule is C=CCC1(C#CC2(O)CN3CCC2CC3)C=CC(c2ccccc2)=NC1. The average Bonchev–Trinajstić information content (AvgIpc) is 2.69. The smallest absolute Gasteiger partial charge is 0.140 e. The van der Waals surface area contributed by atoms with E-state index in [9.17, 15) is 5.11 Å². The molecule has 0 spiro atoms. The lowest BCUT2D eigenvalue weighted by Crippen LogP contribution is -2.58. The number of fused-ring (bicyclic) bond motifs is 3. The van der Waals surface area contributed by atoms with Gasteiger partial charge in [0.25, 0.3) is 0 Å². The molecule has 0 saturated carbocycles. The van der Waals surface area contributed by atoms with Crippen LogP contribution in [0, 0.1) is 23.2 Å². The summed E-state index contributed by atoms with van der Waals surface area (Å²) in [5.41, 5.74) is 0.887. The quantitative estimate of drug-likeness (QED) is 0.674.